The van der Waals surface area contributed by atoms with Gasteiger partial charge in [0.1, 0.15) is 22.8 Å². The third-order valence-electron chi connectivity index (χ3n) is 6.82. The van der Waals surface area contributed by atoms with Crippen molar-refractivity contribution in [3.63, 3.8) is 0 Å². The van der Waals surface area contributed by atoms with Gasteiger partial charge in [0.15, 0.2) is 0 Å². The molecule has 5 N–H and O–H groups in total. The second-order valence-electron chi connectivity index (χ2n) is 8.64. The van der Waals surface area contributed by atoms with Crippen molar-refractivity contribution < 1.29 is 14.3 Å². The van der Waals surface area contributed by atoms with Gasteiger partial charge in [-0.2, -0.15) is 5.10 Å². The first kappa shape index (κ1) is 21.3. The van der Waals surface area contributed by atoms with Gasteiger partial charge in [-0.1, -0.05) is 36.4 Å². The lowest BCUT2D eigenvalue weighted by Crippen LogP contribution is -2.37. The van der Waals surface area contributed by atoms with E-state index in [1.54, 1.807) is 22.9 Å². The molecule has 5 rings (SSSR count). The van der Waals surface area contributed by atoms with E-state index in [2.05, 4.69) is 10.4 Å². The molecule has 0 aliphatic heterocycles. The van der Waals surface area contributed by atoms with Crippen LogP contribution in [-0.2, 0) is 12.1 Å². The van der Waals surface area contributed by atoms with E-state index < -0.39 is 5.91 Å². The molecule has 1 unspecified atom stereocenters. The zero-order valence-electron chi connectivity index (χ0n) is 18.1. The minimum absolute atomic E-state index is 0.208. The van der Waals surface area contributed by atoms with Gasteiger partial charge in [-0.15, -0.1) is 11.6 Å². The van der Waals surface area contributed by atoms with Crippen LogP contribution in [0.4, 0.5) is 5.82 Å². The Labute approximate surface area is 195 Å². The summed E-state index contributed by atoms with van der Waals surface area (Å²) in [6.07, 6.45) is 2.57. The molecule has 170 valence electrons. The van der Waals surface area contributed by atoms with Crippen molar-refractivity contribution in [3.05, 3.63) is 65.2 Å². The van der Waals surface area contributed by atoms with Gasteiger partial charge in [-0.05, 0) is 37.0 Å². The van der Waals surface area contributed by atoms with E-state index in [0.717, 1.165) is 24.8 Å². The minimum atomic E-state index is -0.626. The number of aromatic nitrogens is 2. The van der Waals surface area contributed by atoms with Crippen LogP contribution < -0.4 is 21.5 Å². The molecule has 1 aromatic heterocycles. The van der Waals surface area contributed by atoms with Crippen LogP contribution in [0.1, 0.15) is 45.5 Å². The third kappa shape index (κ3) is 3.24. The summed E-state index contributed by atoms with van der Waals surface area (Å²) in [5.74, 6) is -0.0841. The van der Waals surface area contributed by atoms with Gasteiger partial charge in [0.05, 0.1) is 23.1 Å². The minimum Gasteiger partial charge on any atom is -0.496 e. The molecule has 2 aliphatic rings. The number of nitrogens with zero attached hydrogens (tertiary/aromatic N) is 2. The Balaban J connectivity index is 1.36. The van der Waals surface area contributed by atoms with E-state index in [1.165, 1.54) is 7.11 Å². The quantitative estimate of drug-likeness (QED) is 0.462. The fraction of sp³-hybridized carbons (Fsp3) is 0.292. The van der Waals surface area contributed by atoms with Crippen LogP contribution in [0.5, 0.6) is 5.75 Å². The molecule has 2 amide bonds. The number of para-hydroxylation sites is 1. The zero-order valence-corrected chi connectivity index (χ0v) is 18.9. The number of fused-ring (bicyclic) bond motifs is 1. The fourth-order valence-electron chi connectivity index (χ4n) is 4.74. The summed E-state index contributed by atoms with van der Waals surface area (Å²) in [5.41, 5.74) is 14.3. The summed E-state index contributed by atoms with van der Waals surface area (Å²) in [5, 5.41) is 7.56. The van der Waals surface area contributed by atoms with Crippen LogP contribution in [0.2, 0.25) is 0 Å². The van der Waals surface area contributed by atoms with E-state index in [1.807, 2.05) is 30.3 Å². The van der Waals surface area contributed by atoms with Crippen molar-refractivity contribution in [3.8, 4) is 17.0 Å². The normalized spacial score (nSPS) is 22.7. The number of methoxy groups -OCH3 is 1. The highest BCUT2D eigenvalue weighted by Gasteiger charge is 2.76. The van der Waals surface area contributed by atoms with Gasteiger partial charge >= 0.3 is 0 Å². The standard InChI is InChI=1S/C24H24ClN5O3/c1-33-17-5-3-2-4-16(17)22(32)28-12-14-6-8-15(9-7-14)19-18(21(27)31)20(26)30(29-19)24-11-10-23(24,25)13-24/h2-9H,10-13,26H2,1H3,(H2,27,31)(H,28,32)/t23-,24?/m1/s1. The van der Waals surface area contributed by atoms with Crippen LogP contribution >= 0.6 is 11.6 Å². The van der Waals surface area contributed by atoms with Gasteiger partial charge in [0.2, 0.25) is 0 Å². The van der Waals surface area contributed by atoms with Crippen LogP contribution in [0, 0.1) is 0 Å². The van der Waals surface area contributed by atoms with E-state index in [0.29, 0.717) is 29.1 Å². The second-order valence-corrected chi connectivity index (χ2v) is 9.36. The first-order chi connectivity index (χ1) is 15.8. The maximum Gasteiger partial charge on any atom is 0.255 e. The number of rotatable bonds is 7. The summed E-state index contributed by atoms with van der Waals surface area (Å²) >= 11 is 6.60. The molecular formula is C24H24ClN5O3. The molecule has 0 spiro atoms. The molecule has 0 radical (unpaired) electrons. The Morgan fingerprint density at radius 3 is 2.48 bits per heavy atom. The fourth-order valence-corrected chi connectivity index (χ4v) is 5.23. The molecule has 8 nitrogen and oxygen atoms in total. The highest BCUT2D eigenvalue weighted by molar-refractivity contribution is 6.28. The summed E-state index contributed by atoms with van der Waals surface area (Å²) in [7, 11) is 1.53. The SMILES string of the molecule is COc1ccccc1C(=O)NCc1ccc(-c2nn(C34CC[C@@]3(Cl)C4)c(N)c2C(N)=O)cc1. The molecule has 0 saturated heterocycles. The number of amides is 2. The molecule has 3 aromatic rings. The van der Waals surface area contributed by atoms with Crippen molar-refractivity contribution in [1.29, 1.82) is 0 Å². The van der Waals surface area contributed by atoms with E-state index in [4.69, 9.17) is 27.8 Å². The van der Waals surface area contributed by atoms with Crippen LogP contribution in [0.25, 0.3) is 11.3 Å². The molecule has 2 aromatic carbocycles. The first-order valence-corrected chi connectivity index (χ1v) is 11.1. The topological polar surface area (TPSA) is 125 Å². The smallest absolute Gasteiger partial charge is 0.255 e. The van der Waals surface area contributed by atoms with E-state index in [9.17, 15) is 9.59 Å². The zero-order chi connectivity index (χ0) is 23.4. The number of nitrogens with two attached hydrogens (primary N) is 2. The first-order valence-electron chi connectivity index (χ1n) is 10.7. The van der Waals surface area contributed by atoms with Gasteiger partial charge in [-0.3, -0.25) is 9.59 Å². The molecule has 2 fully saturated rings. The Hall–Kier alpha value is -3.52. The van der Waals surface area contributed by atoms with Gasteiger partial charge in [0, 0.05) is 12.1 Å². The number of halogens is 1. The predicted octanol–water partition coefficient (Wildman–Crippen LogP) is 3.04. The number of alkyl halides is 1. The summed E-state index contributed by atoms with van der Waals surface area (Å²) in [6, 6.07) is 14.4. The van der Waals surface area contributed by atoms with Gasteiger partial charge in [-0.25, -0.2) is 4.68 Å². The summed E-state index contributed by atoms with van der Waals surface area (Å²) < 4.78 is 6.94. The number of carbonyl (C=O) groups is 2. The highest BCUT2D eigenvalue weighted by atomic mass is 35.5. The maximum absolute atomic E-state index is 12.5. The van der Waals surface area contributed by atoms with Crippen molar-refractivity contribution in [1.82, 2.24) is 15.1 Å². The Morgan fingerprint density at radius 2 is 1.91 bits per heavy atom. The molecular weight excluding hydrogens is 442 g/mol. The number of nitrogens with one attached hydrogen (secondary N) is 1. The highest BCUT2D eigenvalue weighted by Crippen LogP contribution is 2.73. The lowest BCUT2D eigenvalue weighted by atomic mass is 9.92. The maximum atomic E-state index is 12.5. The number of anilines is 1. The molecule has 2 aliphatic carbocycles. The van der Waals surface area contributed by atoms with Crippen LogP contribution in [0.15, 0.2) is 48.5 Å². The summed E-state index contributed by atoms with van der Waals surface area (Å²) in [6.45, 7) is 0.328. The Morgan fingerprint density at radius 1 is 1.18 bits per heavy atom. The van der Waals surface area contributed by atoms with Gasteiger partial charge < -0.3 is 21.5 Å². The molecule has 33 heavy (non-hydrogen) atoms. The number of carbonyl (C=O) groups excluding carboxylic acids is 2. The van der Waals surface area contributed by atoms with Crippen LogP contribution in [-0.4, -0.2) is 33.6 Å². The number of benzene rings is 2. The monoisotopic (exact) mass is 465 g/mol. The molecule has 0 bridgehead atoms. The molecule has 1 heterocycles. The van der Waals surface area contributed by atoms with E-state index >= 15 is 0 Å². The Bertz CT molecular complexity index is 1270. The number of hydrogen-bond donors (Lipinski definition) is 3. The number of hydrogen-bond acceptors (Lipinski definition) is 5. The lowest BCUT2D eigenvalue weighted by Gasteiger charge is -2.31. The molecule has 2 saturated carbocycles. The van der Waals surface area contributed by atoms with Gasteiger partial charge in [0.25, 0.3) is 11.8 Å². The Kier molecular flexibility index (Phi) is 4.86. The average molecular weight is 466 g/mol. The average Bonchev–Trinajstić information content (AvgIpc) is 3.08. The van der Waals surface area contributed by atoms with Crippen molar-refractivity contribution in [2.45, 2.75) is 36.2 Å². The third-order valence-corrected chi connectivity index (χ3v) is 7.50. The molecule has 9 heteroatoms. The predicted molar refractivity (Wildman–Crippen MR) is 125 cm³/mol. The molecule has 2 atom stereocenters. The van der Waals surface area contributed by atoms with Crippen molar-refractivity contribution in [2.75, 3.05) is 12.8 Å². The summed E-state index contributed by atoms with van der Waals surface area (Å²) in [4.78, 5) is 24.4. The van der Waals surface area contributed by atoms with E-state index in [-0.39, 0.29) is 27.7 Å². The lowest BCUT2D eigenvalue weighted by molar-refractivity contribution is 0.0946. The number of nitrogen functional groups attached to an aromatic ring is 1. The largest absolute Gasteiger partial charge is 0.496 e. The van der Waals surface area contributed by atoms with Crippen molar-refractivity contribution >= 4 is 29.2 Å². The number of ether oxygens (including phenoxy) is 1. The second kappa shape index (κ2) is 7.52. The van der Waals surface area contributed by atoms with Crippen molar-refractivity contribution in [2.24, 2.45) is 5.73 Å². The number of primary amides is 1. The van der Waals surface area contributed by atoms with Crippen LogP contribution in [0.3, 0.4) is 0 Å².